The van der Waals surface area contributed by atoms with Gasteiger partial charge in [0.05, 0.1) is 6.33 Å². The molecule has 2 aromatic rings. The summed E-state index contributed by atoms with van der Waals surface area (Å²) in [5.41, 5.74) is 5.11. The number of phosphoric acid groups is 2. The Morgan fingerprint density at radius 2 is 1.94 bits per heavy atom. The highest BCUT2D eigenvalue weighted by atomic mass is 32.5. The largest absolute Gasteiger partial charge is 0.571 e. The summed E-state index contributed by atoms with van der Waals surface area (Å²) in [6, 6.07) is 0. The second-order valence-electron chi connectivity index (χ2n) is 6.16. The Morgan fingerprint density at radius 3 is 2.59 bits per heavy atom. The molecular weight excluding hydrogens is 523 g/mol. The Balaban J connectivity index is 1.66. The summed E-state index contributed by atoms with van der Waals surface area (Å²) >= 11 is -0.357. The maximum Gasteiger partial charge on any atom is 0.571 e. The molecule has 4 atom stereocenters. The van der Waals surface area contributed by atoms with Gasteiger partial charge in [0.1, 0.15) is 12.3 Å². The monoisotopic (exact) mass is 540 g/mol. The van der Waals surface area contributed by atoms with E-state index in [9.17, 15) is 28.8 Å². The van der Waals surface area contributed by atoms with E-state index in [1.165, 1.54) is 10.9 Å². The van der Waals surface area contributed by atoms with E-state index in [4.69, 9.17) is 29.3 Å². The Bertz CT molecular complexity index is 1200. The number of hydrogen-bond acceptors (Lipinski definition) is 11. The molecule has 32 heavy (non-hydrogen) atoms. The van der Waals surface area contributed by atoms with Crippen molar-refractivity contribution >= 4 is 50.7 Å². The van der Waals surface area contributed by atoms with Gasteiger partial charge in [-0.3, -0.25) is 24.1 Å². The van der Waals surface area contributed by atoms with Crippen molar-refractivity contribution < 1.29 is 56.2 Å². The van der Waals surface area contributed by atoms with Crippen LogP contribution in [0.1, 0.15) is 19.1 Å². The number of aromatic amines is 1. The van der Waals surface area contributed by atoms with Gasteiger partial charge in [0, 0.05) is 0 Å². The average Bonchev–Trinajstić information content (AvgIpc) is 3.23. The van der Waals surface area contributed by atoms with E-state index in [1.54, 1.807) is 0 Å². The fraction of sp³-hybridized carbons (Fsp3) is 0.500. The van der Waals surface area contributed by atoms with Crippen molar-refractivity contribution in [3.05, 3.63) is 16.7 Å². The van der Waals surface area contributed by atoms with Crippen LogP contribution in [0.15, 0.2) is 11.1 Å². The fourth-order valence-corrected chi connectivity index (χ4v) is 7.25. The standard InChI is InChI=1S/C10H16N5O13P3S/c11-10-13-7-6(8(16)14-10)12-3-15(7)5-2-1-4(25-5)9(17)26-32-31(23,24)28-30(21,22)27-29(18,19)20/h3-5,9,17H,1-2H2,(H7-,11,13,14,16,18,19,20,21,22,23,24)/p+1/t4-,5+,9?/m0/s1. The summed E-state index contributed by atoms with van der Waals surface area (Å²) in [5, 5.41) is 10.1. The van der Waals surface area contributed by atoms with Gasteiger partial charge in [-0.05, 0) is 12.8 Å². The number of nitrogens with zero attached hydrogens (tertiary/aromatic N) is 3. The number of aliphatic hydroxyl groups is 1. The van der Waals surface area contributed by atoms with E-state index in [0.29, 0.717) is 6.42 Å². The van der Waals surface area contributed by atoms with Gasteiger partial charge in [-0.25, -0.2) is 14.1 Å². The zero-order chi connectivity index (χ0) is 23.9. The van der Waals surface area contributed by atoms with Crippen LogP contribution >= 0.6 is 22.4 Å². The summed E-state index contributed by atoms with van der Waals surface area (Å²) in [4.78, 5) is 67.4. The predicted molar refractivity (Wildman–Crippen MR) is 106 cm³/mol. The second-order valence-corrected chi connectivity index (χ2v) is 12.6. The number of hydrogen-bond donors (Lipinski definition) is 8. The van der Waals surface area contributed by atoms with Crippen molar-refractivity contribution in [2.24, 2.45) is 0 Å². The maximum absolute atomic E-state index is 11.9. The summed E-state index contributed by atoms with van der Waals surface area (Å²) < 4.78 is 41.1. The molecule has 0 aliphatic carbocycles. The molecule has 9 N–H and O–H groups in total. The lowest BCUT2D eigenvalue weighted by Crippen LogP contribution is -2.27. The van der Waals surface area contributed by atoms with Crippen LogP contribution in [-0.4, -0.2) is 61.5 Å². The topological polar surface area (TPSA) is 282 Å². The van der Waals surface area contributed by atoms with Crippen molar-refractivity contribution in [3.63, 3.8) is 0 Å². The molecule has 1 fully saturated rings. The van der Waals surface area contributed by atoms with E-state index < -0.39 is 46.5 Å². The van der Waals surface area contributed by atoms with Gasteiger partial charge in [-0.2, -0.15) is 13.6 Å². The number of imidazole rings is 1. The van der Waals surface area contributed by atoms with Crippen LogP contribution in [0.3, 0.4) is 0 Å². The second kappa shape index (κ2) is 9.25. The van der Waals surface area contributed by atoms with E-state index >= 15 is 0 Å². The highest BCUT2D eigenvalue weighted by Crippen LogP contribution is 2.65. The molecule has 22 heteroatoms. The van der Waals surface area contributed by atoms with Gasteiger partial charge in [0.2, 0.25) is 12.2 Å². The van der Waals surface area contributed by atoms with Crippen LogP contribution in [0.5, 0.6) is 0 Å². The maximum atomic E-state index is 11.9. The normalized spacial score (nSPS) is 22.7. The Morgan fingerprint density at radius 1 is 1.25 bits per heavy atom. The molecule has 0 spiro atoms. The van der Waals surface area contributed by atoms with E-state index in [-0.39, 0.29) is 34.8 Å². The fourth-order valence-electron chi connectivity index (χ4n) is 2.67. The molecule has 0 amide bonds. The van der Waals surface area contributed by atoms with Crippen molar-refractivity contribution in [2.45, 2.75) is 31.5 Å². The number of H-pyrrole nitrogens is 1. The number of nitrogens with one attached hydrogen (secondary N) is 1. The molecule has 2 aromatic heterocycles. The van der Waals surface area contributed by atoms with Crippen LogP contribution in [-0.2, 0) is 37.9 Å². The first-order chi connectivity index (χ1) is 14.7. The number of aliphatic hydroxyl groups excluding tert-OH is 1. The predicted octanol–water partition coefficient (Wildman–Crippen LogP) is -1.40. The van der Waals surface area contributed by atoms with Gasteiger partial charge in [-0.15, -0.1) is 0 Å². The minimum Gasteiger partial charge on any atom is -0.369 e. The Kier molecular flexibility index (Phi) is 7.36. The number of nitrogens with two attached hydrogens (primary N) is 1. The smallest absolute Gasteiger partial charge is 0.369 e. The molecule has 18 nitrogen and oxygen atoms in total. The first-order valence-electron chi connectivity index (χ1n) is 8.22. The first kappa shape index (κ1) is 25.5. The van der Waals surface area contributed by atoms with Gasteiger partial charge < -0.3 is 30.3 Å². The van der Waals surface area contributed by atoms with Crippen LogP contribution in [0.2, 0.25) is 0 Å². The van der Waals surface area contributed by atoms with Gasteiger partial charge in [-0.1, -0.05) is 4.18 Å². The molecule has 1 saturated heterocycles. The minimum absolute atomic E-state index is 0.0110. The molecule has 3 heterocycles. The van der Waals surface area contributed by atoms with Gasteiger partial charge in [0.25, 0.3) is 5.56 Å². The van der Waals surface area contributed by atoms with Crippen LogP contribution in [0.25, 0.3) is 11.2 Å². The molecule has 2 unspecified atom stereocenters. The van der Waals surface area contributed by atoms with Gasteiger partial charge >= 0.3 is 33.6 Å². The zero-order valence-electron chi connectivity index (χ0n) is 15.4. The summed E-state index contributed by atoms with van der Waals surface area (Å²) in [6.45, 7) is -4.93. The van der Waals surface area contributed by atoms with Crippen LogP contribution in [0, 0.1) is 0 Å². The van der Waals surface area contributed by atoms with Crippen molar-refractivity contribution in [1.82, 2.24) is 19.5 Å². The molecule has 1 aliphatic heterocycles. The molecule has 0 radical (unpaired) electrons. The highest BCUT2D eigenvalue weighted by Gasteiger charge is 2.45. The highest BCUT2D eigenvalue weighted by molar-refractivity contribution is 8.15. The number of anilines is 1. The van der Waals surface area contributed by atoms with Crippen LogP contribution < -0.4 is 11.3 Å². The van der Waals surface area contributed by atoms with Crippen LogP contribution in [0.4, 0.5) is 5.95 Å². The third-order valence-electron chi connectivity index (χ3n) is 3.77. The van der Waals surface area contributed by atoms with E-state index in [1.807, 2.05) is 0 Å². The summed E-state index contributed by atoms with van der Waals surface area (Å²) in [5.74, 6) is -0.145. The first-order valence-corrected chi connectivity index (χ1v) is 14.2. The molecule has 3 rings (SSSR count). The van der Waals surface area contributed by atoms with Crippen molar-refractivity contribution in [1.29, 1.82) is 0 Å². The van der Waals surface area contributed by atoms with Crippen molar-refractivity contribution in [3.8, 4) is 0 Å². The minimum atomic E-state index is -5.58. The molecule has 0 aromatic carbocycles. The summed E-state index contributed by atoms with van der Waals surface area (Å²) in [7, 11) is -11.1. The Hall–Kier alpha value is -1.14. The third kappa shape index (κ3) is 6.47. The number of fused-ring (bicyclic) bond motifs is 1. The molecule has 0 bridgehead atoms. The number of ether oxygens (including phenoxy) is 1. The van der Waals surface area contributed by atoms with E-state index in [2.05, 4.69) is 23.6 Å². The molecule has 0 saturated carbocycles. The summed E-state index contributed by atoms with van der Waals surface area (Å²) in [6.07, 6.45) is -1.80. The average molecular weight is 540 g/mol. The van der Waals surface area contributed by atoms with E-state index in [0.717, 1.165) is 0 Å². The number of aromatic nitrogens is 4. The number of rotatable bonds is 8. The zero-order valence-corrected chi connectivity index (χ0v) is 18.9. The molecule has 1 aliphatic rings. The molecule has 180 valence electrons. The Labute approximate surface area is 180 Å². The molecular formula is C10H17N5O13P3S+. The van der Waals surface area contributed by atoms with Gasteiger partial charge in [0.15, 0.2) is 11.2 Å². The lowest BCUT2D eigenvalue weighted by atomic mass is 10.2. The lowest BCUT2D eigenvalue weighted by Gasteiger charge is -2.16. The lowest BCUT2D eigenvalue weighted by molar-refractivity contribution is -0.128. The quantitative estimate of drug-likeness (QED) is 0.0827. The third-order valence-corrected chi connectivity index (χ3v) is 9.04. The number of nitrogen functional groups attached to an aromatic ring is 1. The SMILES string of the molecule is Nc1nc2c(ncn2[C@H]2CC[C@@H](C(O)O[S+]=P(O)(O)OP(=O)(O)OP(=O)(O)O)O2)c(=O)[nH]1. The van der Waals surface area contributed by atoms with Crippen molar-refractivity contribution in [2.75, 3.05) is 5.73 Å².